The Kier molecular flexibility index (Phi) is 8.14. The number of aliphatic hydroxyl groups is 1. The predicted octanol–water partition coefficient (Wildman–Crippen LogP) is -0.458. The number of piperidine rings is 1. The molecule has 2 aliphatic rings. The third-order valence-electron chi connectivity index (χ3n) is 5.09. The molecule has 2 unspecified atom stereocenters. The van der Waals surface area contributed by atoms with Gasteiger partial charge in [-0.3, -0.25) is 19.7 Å². The molecule has 3 rings (SSSR count). The minimum absolute atomic E-state index is 0.103. The van der Waals surface area contributed by atoms with Gasteiger partial charge in [-0.2, -0.15) is 0 Å². The number of hydrogen-bond donors (Lipinski definition) is 3. The zero-order valence-corrected chi connectivity index (χ0v) is 17.3. The Balaban J connectivity index is 1.54. The standard InChI is InChI=1S/C22H27N3O6/c23-9-3-11-31-14-16(26)13-30-10-2-5-15-4-1-6-17-18(15)12-25(22(17)29)19-7-8-20(27)24-21(19)28/h1,4,6,16,19,26H,3,7-14,23H2,(H,24,27,28). The molecule has 2 atom stereocenters. The summed E-state index contributed by atoms with van der Waals surface area (Å²) in [6, 6.07) is 4.62. The fraction of sp³-hybridized carbons (Fsp3) is 0.500. The van der Waals surface area contributed by atoms with Gasteiger partial charge in [-0.1, -0.05) is 17.9 Å². The second kappa shape index (κ2) is 11.0. The topological polar surface area (TPSA) is 131 Å². The highest BCUT2D eigenvalue weighted by molar-refractivity contribution is 6.05. The molecule has 0 aromatic heterocycles. The first-order valence-electron chi connectivity index (χ1n) is 10.3. The van der Waals surface area contributed by atoms with E-state index >= 15 is 0 Å². The average Bonchev–Trinajstić information content (AvgIpc) is 3.08. The summed E-state index contributed by atoms with van der Waals surface area (Å²) in [4.78, 5) is 37.8. The highest BCUT2D eigenvalue weighted by atomic mass is 16.5. The second-order valence-electron chi connectivity index (χ2n) is 7.42. The molecule has 1 aromatic rings. The van der Waals surface area contributed by atoms with Gasteiger partial charge in [-0.15, -0.1) is 0 Å². The molecule has 1 fully saturated rings. The molecule has 0 spiro atoms. The number of rotatable bonds is 9. The third kappa shape index (κ3) is 5.89. The van der Waals surface area contributed by atoms with E-state index in [0.717, 1.165) is 12.0 Å². The Bertz CT molecular complexity index is 891. The Morgan fingerprint density at radius 2 is 2.06 bits per heavy atom. The molecule has 2 aliphatic heterocycles. The number of nitrogens with one attached hydrogen (secondary N) is 1. The van der Waals surface area contributed by atoms with Crippen LogP contribution in [0, 0.1) is 11.8 Å². The molecule has 0 saturated carbocycles. The van der Waals surface area contributed by atoms with Gasteiger partial charge in [0.2, 0.25) is 11.8 Å². The highest BCUT2D eigenvalue weighted by Gasteiger charge is 2.39. The molecule has 166 valence electrons. The zero-order valence-electron chi connectivity index (χ0n) is 17.3. The van der Waals surface area contributed by atoms with E-state index in [4.69, 9.17) is 15.2 Å². The van der Waals surface area contributed by atoms with Crippen LogP contribution in [0.3, 0.4) is 0 Å². The first kappa shape index (κ1) is 22.9. The van der Waals surface area contributed by atoms with Gasteiger partial charge >= 0.3 is 0 Å². The first-order valence-corrected chi connectivity index (χ1v) is 10.3. The van der Waals surface area contributed by atoms with Gasteiger partial charge in [0.25, 0.3) is 5.91 Å². The number of imide groups is 1. The molecule has 0 aliphatic carbocycles. The number of carbonyl (C=O) groups is 3. The fourth-order valence-corrected chi connectivity index (χ4v) is 3.53. The minimum atomic E-state index is -0.736. The third-order valence-corrected chi connectivity index (χ3v) is 5.09. The summed E-state index contributed by atoms with van der Waals surface area (Å²) in [6.45, 7) is 1.71. The summed E-state index contributed by atoms with van der Waals surface area (Å²) < 4.78 is 10.6. The Morgan fingerprint density at radius 1 is 1.26 bits per heavy atom. The van der Waals surface area contributed by atoms with Crippen molar-refractivity contribution in [2.75, 3.05) is 33.0 Å². The van der Waals surface area contributed by atoms with Gasteiger partial charge in [0.15, 0.2) is 0 Å². The monoisotopic (exact) mass is 429 g/mol. The maximum Gasteiger partial charge on any atom is 0.255 e. The number of amides is 3. The van der Waals surface area contributed by atoms with E-state index in [1.54, 1.807) is 12.1 Å². The van der Waals surface area contributed by atoms with Gasteiger partial charge in [0.1, 0.15) is 18.8 Å². The lowest BCUT2D eigenvalue weighted by Crippen LogP contribution is -2.52. The van der Waals surface area contributed by atoms with Crippen molar-refractivity contribution in [3.8, 4) is 11.8 Å². The Morgan fingerprint density at radius 3 is 2.84 bits per heavy atom. The number of benzene rings is 1. The van der Waals surface area contributed by atoms with Crippen molar-refractivity contribution >= 4 is 17.7 Å². The largest absolute Gasteiger partial charge is 0.388 e. The van der Waals surface area contributed by atoms with Crippen LogP contribution in [0.25, 0.3) is 0 Å². The summed E-state index contributed by atoms with van der Waals surface area (Å²) in [7, 11) is 0. The molecule has 9 heteroatoms. The van der Waals surface area contributed by atoms with Gasteiger partial charge in [-0.05, 0) is 37.1 Å². The number of ether oxygens (including phenoxy) is 2. The number of nitrogens with zero attached hydrogens (tertiary/aromatic N) is 1. The van der Waals surface area contributed by atoms with E-state index in [9.17, 15) is 19.5 Å². The summed E-state index contributed by atoms with van der Waals surface area (Å²) in [5, 5.41) is 12.1. The van der Waals surface area contributed by atoms with Gasteiger partial charge < -0.3 is 25.2 Å². The molecule has 1 saturated heterocycles. The lowest BCUT2D eigenvalue weighted by atomic mass is 10.0. The zero-order chi connectivity index (χ0) is 22.2. The van der Waals surface area contributed by atoms with Crippen LogP contribution in [0.15, 0.2) is 18.2 Å². The van der Waals surface area contributed by atoms with Crippen molar-refractivity contribution < 1.29 is 29.0 Å². The number of carbonyl (C=O) groups excluding carboxylic acids is 3. The molecule has 4 N–H and O–H groups in total. The minimum Gasteiger partial charge on any atom is -0.388 e. The van der Waals surface area contributed by atoms with Crippen LogP contribution >= 0.6 is 0 Å². The molecule has 31 heavy (non-hydrogen) atoms. The first-order chi connectivity index (χ1) is 15.0. The number of hydrogen-bond acceptors (Lipinski definition) is 7. The summed E-state index contributed by atoms with van der Waals surface area (Å²) in [5.41, 5.74) is 7.34. The number of fused-ring (bicyclic) bond motifs is 1. The van der Waals surface area contributed by atoms with E-state index < -0.39 is 18.1 Å². The van der Waals surface area contributed by atoms with E-state index in [2.05, 4.69) is 17.2 Å². The van der Waals surface area contributed by atoms with Crippen LogP contribution < -0.4 is 11.1 Å². The van der Waals surface area contributed by atoms with Crippen LogP contribution in [-0.4, -0.2) is 72.8 Å². The SMILES string of the molecule is NCCCOCC(O)COCC#Cc1cccc2c1CN(C1CCC(=O)NC1=O)C2=O. The smallest absolute Gasteiger partial charge is 0.255 e. The van der Waals surface area contributed by atoms with E-state index in [0.29, 0.717) is 30.7 Å². The van der Waals surface area contributed by atoms with Crippen molar-refractivity contribution in [2.45, 2.75) is 38.0 Å². The Labute approximate surface area is 180 Å². The second-order valence-corrected chi connectivity index (χ2v) is 7.42. The molecule has 0 bridgehead atoms. The fourth-order valence-electron chi connectivity index (χ4n) is 3.53. The van der Waals surface area contributed by atoms with Gasteiger partial charge in [0.05, 0.1) is 13.2 Å². The normalized spacial score (nSPS) is 19.0. The summed E-state index contributed by atoms with van der Waals surface area (Å²) in [6.07, 6.45) is 0.534. The lowest BCUT2D eigenvalue weighted by molar-refractivity contribution is -0.136. The van der Waals surface area contributed by atoms with Crippen molar-refractivity contribution in [3.63, 3.8) is 0 Å². The maximum atomic E-state index is 12.8. The van der Waals surface area contributed by atoms with Crippen LogP contribution in [0.4, 0.5) is 0 Å². The Hall–Kier alpha value is -2.77. The van der Waals surface area contributed by atoms with Crippen molar-refractivity contribution in [3.05, 3.63) is 34.9 Å². The van der Waals surface area contributed by atoms with Crippen molar-refractivity contribution in [1.82, 2.24) is 10.2 Å². The number of nitrogens with two attached hydrogens (primary N) is 1. The number of aliphatic hydroxyl groups excluding tert-OH is 1. The molecular weight excluding hydrogens is 402 g/mol. The quantitative estimate of drug-likeness (QED) is 0.275. The molecular formula is C22H27N3O6. The van der Waals surface area contributed by atoms with Crippen molar-refractivity contribution in [2.24, 2.45) is 5.73 Å². The highest BCUT2D eigenvalue weighted by Crippen LogP contribution is 2.29. The van der Waals surface area contributed by atoms with E-state index in [1.807, 2.05) is 6.07 Å². The van der Waals surface area contributed by atoms with E-state index in [1.165, 1.54) is 4.90 Å². The molecule has 9 nitrogen and oxygen atoms in total. The van der Waals surface area contributed by atoms with Gasteiger partial charge in [0, 0.05) is 30.7 Å². The predicted molar refractivity (Wildman–Crippen MR) is 111 cm³/mol. The van der Waals surface area contributed by atoms with E-state index in [-0.39, 0.29) is 44.6 Å². The summed E-state index contributed by atoms with van der Waals surface area (Å²) in [5.74, 6) is 4.91. The average molecular weight is 429 g/mol. The molecule has 2 heterocycles. The molecule has 0 radical (unpaired) electrons. The van der Waals surface area contributed by atoms with Crippen LogP contribution in [0.5, 0.6) is 0 Å². The van der Waals surface area contributed by atoms with Crippen LogP contribution in [-0.2, 0) is 25.6 Å². The van der Waals surface area contributed by atoms with Crippen molar-refractivity contribution in [1.29, 1.82) is 0 Å². The van der Waals surface area contributed by atoms with Crippen LogP contribution in [0.2, 0.25) is 0 Å². The molecule has 3 amide bonds. The maximum absolute atomic E-state index is 12.8. The van der Waals surface area contributed by atoms with Crippen LogP contribution in [0.1, 0.15) is 40.7 Å². The van der Waals surface area contributed by atoms with Gasteiger partial charge in [-0.25, -0.2) is 0 Å². The molecule has 1 aromatic carbocycles. The lowest BCUT2D eigenvalue weighted by Gasteiger charge is -2.29. The summed E-state index contributed by atoms with van der Waals surface area (Å²) >= 11 is 0.